The van der Waals surface area contributed by atoms with Gasteiger partial charge in [-0.3, -0.25) is 4.79 Å². The molecular formula is C7H16N2O2. The Morgan fingerprint density at radius 3 is 2.36 bits per heavy atom. The molecule has 0 aliphatic rings. The molecule has 2 atom stereocenters. The molecule has 0 aliphatic carbocycles. The Hall–Kier alpha value is -0.610. The highest BCUT2D eigenvalue weighted by molar-refractivity contribution is 5.67. The fourth-order valence-electron chi connectivity index (χ4n) is 0.900. The maximum atomic E-state index is 10.2. The van der Waals surface area contributed by atoms with Gasteiger partial charge in [0.15, 0.2) is 0 Å². The van der Waals surface area contributed by atoms with E-state index in [1.54, 1.807) is 0 Å². The second kappa shape index (κ2) is 5.09. The Morgan fingerprint density at radius 1 is 1.45 bits per heavy atom. The van der Waals surface area contributed by atoms with E-state index in [1.165, 1.54) is 0 Å². The Bertz CT molecular complexity index is 128. The maximum absolute atomic E-state index is 10.2. The summed E-state index contributed by atoms with van der Waals surface area (Å²) in [6.07, 6.45) is 1.68. The molecule has 11 heavy (non-hydrogen) atoms. The number of hydrogen-bond acceptors (Lipinski definition) is 3. The van der Waals surface area contributed by atoms with Gasteiger partial charge in [-0.05, 0) is 6.42 Å². The van der Waals surface area contributed by atoms with Crippen molar-refractivity contribution in [3.8, 4) is 0 Å². The van der Waals surface area contributed by atoms with E-state index < -0.39 is 12.0 Å². The van der Waals surface area contributed by atoms with Gasteiger partial charge in [0.1, 0.15) is 0 Å². The lowest BCUT2D eigenvalue weighted by molar-refractivity contribution is -0.137. The van der Waals surface area contributed by atoms with E-state index in [4.69, 9.17) is 16.6 Å². The highest BCUT2D eigenvalue weighted by atomic mass is 16.4. The molecule has 0 aromatic heterocycles. The second-order valence-electron chi connectivity index (χ2n) is 2.71. The fourth-order valence-corrected chi connectivity index (χ4v) is 0.900. The summed E-state index contributed by atoms with van der Waals surface area (Å²) in [6, 6.07) is -0.594. The highest BCUT2D eigenvalue weighted by Crippen LogP contribution is 2.00. The van der Waals surface area contributed by atoms with Crippen LogP contribution in [0.2, 0.25) is 0 Å². The number of carbonyl (C=O) groups is 1. The van der Waals surface area contributed by atoms with E-state index in [-0.39, 0.29) is 12.5 Å². The van der Waals surface area contributed by atoms with E-state index >= 15 is 0 Å². The summed E-state index contributed by atoms with van der Waals surface area (Å²) in [5.74, 6) is -0.885. The van der Waals surface area contributed by atoms with Crippen LogP contribution in [0.15, 0.2) is 0 Å². The largest absolute Gasteiger partial charge is 0.481 e. The van der Waals surface area contributed by atoms with Gasteiger partial charge in [0, 0.05) is 12.1 Å². The van der Waals surface area contributed by atoms with Crippen LogP contribution in [0.3, 0.4) is 0 Å². The second-order valence-corrected chi connectivity index (χ2v) is 2.71. The molecule has 0 aliphatic heterocycles. The van der Waals surface area contributed by atoms with Gasteiger partial charge in [-0.1, -0.05) is 13.3 Å². The van der Waals surface area contributed by atoms with Crippen molar-refractivity contribution in [1.82, 2.24) is 0 Å². The molecule has 0 saturated carbocycles. The van der Waals surface area contributed by atoms with Crippen LogP contribution in [0.1, 0.15) is 26.2 Å². The van der Waals surface area contributed by atoms with Gasteiger partial charge in [0.2, 0.25) is 0 Å². The van der Waals surface area contributed by atoms with E-state index in [0.717, 1.165) is 12.8 Å². The van der Waals surface area contributed by atoms with Gasteiger partial charge in [0.05, 0.1) is 6.42 Å². The number of aliphatic carboxylic acids is 1. The van der Waals surface area contributed by atoms with E-state index in [2.05, 4.69) is 0 Å². The first-order valence-electron chi connectivity index (χ1n) is 3.80. The van der Waals surface area contributed by atoms with Crippen LogP contribution in [-0.4, -0.2) is 23.2 Å². The van der Waals surface area contributed by atoms with Crippen LogP contribution in [0.4, 0.5) is 0 Å². The van der Waals surface area contributed by atoms with Crippen molar-refractivity contribution in [2.24, 2.45) is 11.5 Å². The van der Waals surface area contributed by atoms with Crippen LogP contribution < -0.4 is 11.5 Å². The average Bonchev–Trinajstić information content (AvgIpc) is 1.86. The minimum Gasteiger partial charge on any atom is -0.481 e. The zero-order valence-electron chi connectivity index (χ0n) is 6.79. The van der Waals surface area contributed by atoms with Crippen molar-refractivity contribution in [3.05, 3.63) is 0 Å². The Labute approximate surface area is 66.6 Å². The van der Waals surface area contributed by atoms with Crippen molar-refractivity contribution in [3.63, 3.8) is 0 Å². The van der Waals surface area contributed by atoms with Gasteiger partial charge in [-0.15, -0.1) is 0 Å². The van der Waals surface area contributed by atoms with Crippen molar-refractivity contribution >= 4 is 5.97 Å². The summed E-state index contributed by atoms with van der Waals surface area (Å²) < 4.78 is 0. The predicted octanol–water partition coefficient (Wildman–Crippen LogP) is -0.0842. The van der Waals surface area contributed by atoms with Crippen molar-refractivity contribution in [1.29, 1.82) is 0 Å². The number of hydrogen-bond donors (Lipinski definition) is 3. The van der Waals surface area contributed by atoms with Crippen LogP contribution in [0.5, 0.6) is 0 Å². The first-order valence-corrected chi connectivity index (χ1v) is 3.80. The van der Waals surface area contributed by atoms with E-state index in [0.29, 0.717) is 0 Å². The van der Waals surface area contributed by atoms with E-state index in [1.807, 2.05) is 6.92 Å². The third kappa shape index (κ3) is 4.75. The van der Waals surface area contributed by atoms with Crippen LogP contribution in [0.25, 0.3) is 0 Å². The summed E-state index contributed by atoms with van der Waals surface area (Å²) in [4.78, 5) is 10.2. The van der Waals surface area contributed by atoms with Crippen LogP contribution in [0, 0.1) is 0 Å². The third-order valence-corrected chi connectivity index (χ3v) is 1.58. The zero-order chi connectivity index (χ0) is 8.85. The maximum Gasteiger partial charge on any atom is 0.304 e. The molecule has 0 radical (unpaired) electrons. The molecule has 5 N–H and O–H groups in total. The summed E-state index contributed by atoms with van der Waals surface area (Å²) >= 11 is 0. The molecule has 0 amide bonds. The van der Waals surface area contributed by atoms with Crippen LogP contribution in [-0.2, 0) is 4.79 Å². The third-order valence-electron chi connectivity index (χ3n) is 1.58. The molecule has 2 unspecified atom stereocenters. The smallest absolute Gasteiger partial charge is 0.304 e. The Kier molecular flexibility index (Phi) is 4.81. The molecule has 0 fully saturated rings. The quantitative estimate of drug-likeness (QED) is 0.524. The molecule has 0 bridgehead atoms. The lowest BCUT2D eigenvalue weighted by Crippen LogP contribution is -2.42. The number of carboxylic acid groups (broad SMARTS) is 1. The molecule has 0 aromatic carbocycles. The summed E-state index contributed by atoms with van der Waals surface area (Å²) in [5.41, 5.74) is 11.1. The predicted molar refractivity (Wildman–Crippen MR) is 43.1 cm³/mol. The fraction of sp³-hybridized carbons (Fsp3) is 0.857. The normalized spacial score (nSPS) is 15.9. The summed E-state index contributed by atoms with van der Waals surface area (Å²) in [5, 5.41) is 8.37. The molecular weight excluding hydrogens is 144 g/mol. The number of carboxylic acids is 1. The SMILES string of the molecule is CCCC(N)C(N)CC(=O)O. The van der Waals surface area contributed by atoms with Gasteiger partial charge >= 0.3 is 5.97 Å². The first-order chi connectivity index (χ1) is 5.07. The molecule has 0 aromatic rings. The molecule has 4 nitrogen and oxygen atoms in total. The van der Waals surface area contributed by atoms with Gasteiger partial charge in [-0.25, -0.2) is 0 Å². The molecule has 0 spiro atoms. The van der Waals surface area contributed by atoms with E-state index in [9.17, 15) is 4.79 Å². The summed E-state index contributed by atoms with van der Waals surface area (Å²) in [7, 11) is 0. The van der Waals surface area contributed by atoms with Crippen molar-refractivity contribution in [2.45, 2.75) is 38.3 Å². The number of rotatable bonds is 5. The molecule has 0 rings (SSSR count). The molecule has 0 heterocycles. The number of nitrogens with two attached hydrogens (primary N) is 2. The minimum absolute atomic E-state index is 0.0405. The molecule has 4 heteroatoms. The average molecular weight is 160 g/mol. The van der Waals surface area contributed by atoms with Crippen LogP contribution >= 0.6 is 0 Å². The van der Waals surface area contributed by atoms with Gasteiger partial charge < -0.3 is 16.6 Å². The van der Waals surface area contributed by atoms with Crippen molar-refractivity contribution < 1.29 is 9.90 Å². The van der Waals surface area contributed by atoms with Gasteiger partial charge in [-0.2, -0.15) is 0 Å². The highest BCUT2D eigenvalue weighted by Gasteiger charge is 2.14. The monoisotopic (exact) mass is 160 g/mol. The summed E-state index contributed by atoms with van der Waals surface area (Å²) in [6.45, 7) is 1.99. The standard InChI is InChI=1S/C7H16N2O2/c1-2-3-5(8)6(9)4-7(10)11/h5-6H,2-4,8-9H2,1H3,(H,10,11). The van der Waals surface area contributed by atoms with Gasteiger partial charge in [0.25, 0.3) is 0 Å². The molecule has 66 valence electrons. The minimum atomic E-state index is -0.885. The van der Waals surface area contributed by atoms with Crippen molar-refractivity contribution in [2.75, 3.05) is 0 Å². The molecule has 0 saturated heterocycles. The lowest BCUT2D eigenvalue weighted by Gasteiger charge is -2.16. The lowest BCUT2D eigenvalue weighted by atomic mass is 10.0. The Morgan fingerprint density at radius 2 is 2.00 bits per heavy atom. The Balaban J connectivity index is 3.63. The zero-order valence-corrected chi connectivity index (χ0v) is 6.79. The topological polar surface area (TPSA) is 89.3 Å². The first kappa shape index (κ1) is 10.4.